The summed E-state index contributed by atoms with van der Waals surface area (Å²) < 4.78 is 13.6. The van der Waals surface area contributed by atoms with Gasteiger partial charge in [0.25, 0.3) is 11.6 Å². The molecule has 0 aliphatic carbocycles. The van der Waals surface area contributed by atoms with Crippen LogP contribution in [0.4, 0.5) is 21.5 Å². The second kappa shape index (κ2) is 5.95. The Balaban J connectivity index is 2.22. The average molecular weight is 290 g/mol. The molecule has 1 amide bonds. The molecule has 1 aromatic heterocycles. The zero-order valence-electron chi connectivity index (χ0n) is 11.0. The van der Waals surface area contributed by atoms with E-state index in [-0.39, 0.29) is 17.1 Å². The molecule has 2 aromatic rings. The number of halogens is 1. The molecule has 0 bridgehead atoms. The zero-order valence-corrected chi connectivity index (χ0v) is 11.0. The number of anilines is 2. The summed E-state index contributed by atoms with van der Waals surface area (Å²) >= 11 is 0. The van der Waals surface area contributed by atoms with Gasteiger partial charge in [-0.1, -0.05) is 0 Å². The summed E-state index contributed by atoms with van der Waals surface area (Å²) in [5, 5.41) is 15.7. The lowest BCUT2D eigenvalue weighted by Crippen LogP contribution is -2.14. The topological polar surface area (TPSA) is 97.2 Å². The second-order valence-electron chi connectivity index (χ2n) is 4.06. The van der Waals surface area contributed by atoms with Crippen LogP contribution in [0.1, 0.15) is 10.5 Å². The summed E-state index contributed by atoms with van der Waals surface area (Å²) in [6, 6.07) is 5.98. The predicted octanol–water partition coefficient (Wildman–Crippen LogP) is 2.42. The molecule has 7 nitrogen and oxygen atoms in total. The molecular weight excluding hydrogens is 279 g/mol. The number of pyridine rings is 1. The van der Waals surface area contributed by atoms with Crippen molar-refractivity contribution < 1.29 is 14.1 Å². The van der Waals surface area contributed by atoms with Crippen LogP contribution >= 0.6 is 0 Å². The predicted molar refractivity (Wildman–Crippen MR) is 74.8 cm³/mol. The van der Waals surface area contributed by atoms with Crippen LogP contribution in [0.15, 0.2) is 36.5 Å². The lowest BCUT2D eigenvalue weighted by atomic mass is 10.2. The van der Waals surface area contributed by atoms with Crippen LogP contribution in [0.5, 0.6) is 0 Å². The van der Waals surface area contributed by atoms with Gasteiger partial charge in [0.1, 0.15) is 11.5 Å². The molecule has 0 aliphatic heterocycles. The highest BCUT2D eigenvalue weighted by Gasteiger charge is 2.14. The maximum absolute atomic E-state index is 13.6. The Morgan fingerprint density at radius 3 is 2.67 bits per heavy atom. The number of nitrogens with zero attached hydrogens (tertiary/aromatic N) is 2. The smallest absolute Gasteiger partial charge is 0.274 e. The van der Waals surface area contributed by atoms with Crippen LogP contribution in [-0.4, -0.2) is 22.9 Å². The fourth-order valence-corrected chi connectivity index (χ4v) is 1.59. The number of nitro benzene ring substituents is 1. The van der Waals surface area contributed by atoms with Crippen LogP contribution in [0.25, 0.3) is 0 Å². The van der Waals surface area contributed by atoms with Crippen LogP contribution in [0, 0.1) is 15.9 Å². The quantitative estimate of drug-likeness (QED) is 0.665. The molecule has 2 rings (SSSR count). The molecular formula is C13H11FN4O3. The average Bonchev–Trinajstić information content (AvgIpc) is 2.49. The maximum atomic E-state index is 13.6. The normalized spacial score (nSPS) is 10.0. The molecule has 0 radical (unpaired) electrons. The standard InChI is InChI=1S/C13H11FN4O3/c1-15-8-2-5-11(16-7-8)13(19)17-12-6-9(18(20)21)3-4-10(12)14/h2-7,15H,1H3,(H,17,19). The number of carbonyl (C=O) groups is 1. The van der Waals surface area contributed by atoms with E-state index in [9.17, 15) is 19.3 Å². The molecule has 1 aromatic carbocycles. The molecule has 0 unspecified atom stereocenters. The third-order valence-corrected chi connectivity index (χ3v) is 2.69. The third-order valence-electron chi connectivity index (χ3n) is 2.69. The van der Waals surface area contributed by atoms with Gasteiger partial charge in [0.15, 0.2) is 0 Å². The molecule has 1 heterocycles. The van der Waals surface area contributed by atoms with Crippen molar-refractivity contribution >= 4 is 23.0 Å². The van der Waals surface area contributed by atoms with Gasteiger partial charge >= 0.3 is 0 Å². The first-order valence-electron chi connectivity index (χ1n) is 5.90. The van der Waals surface area contributed by atoms with Crippen molar-refractivity contribution in [1.29, 1.82) is 0 Å². The minimum Gasteiger partial charge on any atom is -0.387 e. The Morgan fingerprint density at radius 2 is 2.10 bits per heavy atom. The zero-order chi connectivity index (χ0) is 15.4. The first-order chi connectivity index (χ1) is 10.0. The van der Waals surface area contributed by atoms with E-state index in [1.54, 1.807) is 13.1 Å². The highest BCUT2D eigenvalue weighted by molar-refractivity contribution is 6.03. The van der Waals surface area contributed by atoms with Crippen molar-refractivity contribution in [2.24, 2.45) is 0 Å². The van der Waals surface area contributed by atoms with E-state index in [1.807, 2.05) is 0 Å². The molecule has 21 heavy (non-hydrogen) atoms. The molecule has 108 valence electrons. The van der Waals surface area contributed by atoms with Gasteiger partial charge in [-0.05, 0) is 18.2 Å². The number of amides is 1. The second-order valence-corrected chi connectivity index (χ2v) is 4.06. The summed E-state index contributed by atoms with van der Waals surface area (Å²) in [4.78, 5) is 25.8. The highest BCUT2D eigenvalue weighted by atomic mass is 19.1. The Hall–Kier alpha value is -3.03. The van der Waals surface area contributed by atoms with E-state index in [0.29, 0.717) is 5.69 Å². The van der Waals surface area contributed by atoms with Crippen LogP contribution in [0.3, 0.4) is 0 Å². The molecule has 0 saturated heterocycles. The Morgan fingerprint density at radius 1 is 1.33 bits per heavy atom. The molecule has 2 N–H and O–H groups in total. The summed E-state index contributed by atoms with van der Waals surface area (Å²) in [7, 11) is 1.70. The molecule has 0 spiro atoms. The number of hydrogen-bond donors (Lipinski definition) is 2. The van der Waals surface area contributed by atoms with Crippen LogP contribution in [-0.2, 0) is 0 Å². The van der Waals surface area contributed by atoms with E-state index in [2.05, 4.69) is 15.6 Å². The molecule has 0 saturated carbocycles. The SMILES string of the molecule is CNc1ccc(C(=O)Nc2cc([N+](=O)[O-])ccc2F)nc1. The lowest BCUT2D eigenvalue weighted by molar-refractivity contribution is -0.384. The molecule has 0 fully saturated rings. The van der Waals surface area contributed by atoms with Gasteiger partial charge in [0.05, 0.1) is 22.5 Å². The summed E-state index contributed by atoms with van der Waals surface area (Å²) in [6.07, 6.45) is 1.44. The number of hydrogen-bond acceptors (Lipinski definition) is 5. The maximum Gasteiger partial charge on any atom is 0.274 e. The Kier molecular flexibility index (Phi) is 4.07. The highest BCUT2D eigenvalue weighted by Crippen LogP contribution is 2.21. The van der Waals surface area contributed by atoms with Crippen molar-refractivity contribution in [2.75, 3.05) is 17.7 Å². The van der Waals surface area contributed by atoms with Crippen molar-refractivity contribution in [3.05, 3.63) is 58.2 Å². The summed E-state index contributed by atoms with van der Waals surface area (Å²) in [5.74, 6) is -1.42. The molecule has 8 heteroatoms. The van der Waals surface area contributed by atoms with E-state index >= 15 is 0 Å². The lowest BCUT2D eigenvalue weighted by Gasteiger charge is -2.06. The van der Waals surface area contributed by atoms with Crippen molar-refractivity contribution in [2.45, 2.75) is 0 Å². The number of benzene rings is 1. The van der Waals surface area contributed by atoms with E-state index < -0.39 is 16.6 Å². The van der Waals surface area contributed by atoms with Gasteiger partial charge in [0.2, 0.25) is 0 Å². The van der Waals surface area contributed by atoms with Gasteiger partial charge in [-0.3, -0.25) is 14.9 Å². The number of non-ortho nitro benzene ring substituents is 1. The number of aromatic nitrogens is 1. The number of nitrogens with one attached hydrogen (secondary N) is 2. The van der Waals surface area contributed by atoms with Gasteiger partial charge in [-0.25, -0.2) is 9.37 Å². The minimum absolute atomic E-state index is 0.0694. The summed E-state index contributed by atoms with van der Waals surface area (Å²) in [6.45, 7) is 0. The van der Waals surface area contributed by atoms with Gasteiger partial charge in [0, 0.05) is 19.2 Å². The number of carbonyl (C=O) groups excluding carboxylic acids is 1. The third kappa shape index (κ3) is 3.30. The first kappa shape index (κ1) is 14.4. The monoisotopic (exact) mass is 290 g/mol. The van der Waals surface area contributed by atoms with E-state index in [4.69, 9.17) is 0 Å². The minimum atomic E-state index is -0.763. The van der Waals surface area contributed by atoms with Gasteiger partial charge in [-0.2, -0.15) is 0 Å². The van der Waals surface area contributed by atoms with E-state index in [0.717, 1.165) is 18.2 Å². The van der Waals surface area contributed by atoms with Gasteiger partial charge in [-0.15, -0.1) is 0 Å². The van der Waals surface area contributed by atoms with E-state index in [1.165, 1.54) is 12.3 Å². The molecule has 0 atom stereocenters. The largest absolute Gasteiger partial charge is 0.387 e. The number of nitro groups is 1. The Bertz CT molecular complexity index is 688. The fourth-order valence-electron chi connectivity index (χ4n) is 1.59. The number of rotatable bonds is 4. The van der Waals surface area contributed by atoms with Crippen LogP contribution in [0.2, 0.25) is 0 Å². The van der Waals surface area contributed by atoms with Crippen molar-refractivity contribution in [3.8, 4) is 0 Å². The van der Waals surface area contributed by atoms with Crippen LogP contribution < -0.4 is 10.6 Å². The van der Waals surface area contributed by atoms with Crippen molar-refractivity contribution in [3.63, 3.8) is 0 Å². The van der Waals surface area contributed by atoms with Crippen molar-refractivity contribution in [1.82, 2.24) is 4.98 Å². The molecule has 0 aliphatic rings. The van der Waals surface area contributed by atoms with Gasteiger partial charge < -0.3 is 10.6 Å². The summed E-state index contributed by atoms with van der Waals surface area (Å²) in [5.41, 5.74) is 0.201. The first-order valence-corrected chi connectivity index (χ1v) is 5.90. The fraction of sp³-hybridized carbons (Fsp3) is 0.0769. The Labute approximate surface area is 119 Å².